The number of nitrogens with zero attached hydrogens (tertiary/aromatic N) is 3. The van der Waals surface area contributed by atoms with Gasteiger partial charge in [-0.25, -0.2) is 0 Å². The predicted octanol–water partition coefficient (Wildman–Crippen LogP) is 4.74. The van der Waals surface area contributed by atoms with E-state index in [4.69, 9.17) is 23.2 Å². The number of carbonyl (C=O) groups is 1. The fourth-order valence-corrected chi connectivity index (χ4v) is 3.02. The number of H-pyrrole nitrogens is 1. The van der Waals surface area contributed by atoms with Crippen molar-refractivity contribution in [3.05, 3.63) is 60.8 Å². The third-order valence-corrected chi connectivity index (χ3v) is 5.64. The molecule has 3 aromatic rings. The van der Waals surface area contributed by atoms with Crippen LogP contribution < -0.4 is 5.32 Å². The van der Waals surface area contributed by atoms with Crippen LogP contribution >= 0.6 is 55.1 Å². The van der Waals surface area contributed by atoms with Gasteiger partial charge in [0.25, 0.3) is 5.91 Å². The van der Waals surface area contributed by atoms with Crippen molar-refractivity contribution in [1.29, 1.82) is 0 Å². The molecule has 24 heavy (non-hydrogen) atoms. The number of aromatic amines is 1. The van der Waals surface area contributed by atoms with E-state index in [-0.39, 0.29) is 11.5 Å². The van der Waals surface area contributed by atoms with Gasteiger partial charge in [-0.05, 0) is 43.5 Å². The summed E-state index contributed by atoms with van der Waals surface area (Å²) in [5.74, 6) is -0.187. The van der Waals surface area contributed by atoms with Crippen LogP contribution in [0.25, 0.3) is 0 Å². The zero-order valence-electron chi connectivity index (χ0n) is 11.9. The van der Waals surface area contributed by atoms with Crippen LogP contribution in [-0.2, 0) is 6.54 Å². The van der Waals surface area contributed by atoms with Crippen LogP contribution in [0.15, 0.2) is 39.5 Å². The lowest BCUT2D eigenvalue weighted by molar-refractivity contribution is 0.102. The summed E-state index contributed by atoms with van der Waals surface area (Å²) >= 11 is 18.8. The molecule has 0 unspecified atom stereocenters. The number of amides is 1. The molecular formula is C14H9Br2Cl2N5O. The van der Waals surface area contributed by atoms with E-state index in [0.717, 1.165) is 5.56 Å². The molecule has 0 radical (unpaired) electrons. The van der Waals surface area contributed by atoms with Crippen LogP contribution in [0.2, 0.25) is 10.0 Å². The van der Waals surface area contributed by atoms with E-state index >= 15 is 0 Å². The Balaban J connectivity index is 1.78. The molecule has 1 amide bonds. The summed E-state index contributed by atoms with van der Waals surface area (Å²) in [5.41, 5.74) is 1.09. The summed E-state index contributed by atoms with van der Waals surface area (Å²) in [6.45, 7) is 0.437. The molecule has 3 rings (SSSR count). The summed E-state index contributed by atoms with van der Waals surface area (Å²) in [7, 11) is 0. The minimum absolute atomic E-state index is 0.193. The lowest BCUT2D eigenvalue weighted by atomic mass is 10.2. The Morgan fingerprint density at radius 3 is 2.67 bits per heavy atom. The zero-order valence-corrected chi connectivity index (χ0v) is 16.5. The minimum atomic E-state index is -0.436. The van der Waals surface area contributed by atoms with Gasteiger partial charge in [0.1, 0.15) is 9.63 Å². The van der Waals surface area contributed by atoms with Gasteiger partial charge < -0.3 is 5.32 Å². The van der Waals surface area contributed by atoms with Gasteiger partial charge in [-0.1, -0.05) is 41.4 Å². The molecule has 2 N–H and O–H groups in total. The summed E-state index contributed by atoms with van der Waals surface area (Å²) < 4.78 is 2.70. The third-order valence-electron chi connectivity index (χ3n) is 3.12. The molecule has 1 aromatic carbocycles. The Labute approximate surface area is 163 Å². The molecule has 0 atom stereocenters. The van der Waals surface area contributed by atoms with Crippen molar-refractivity contribution in [3.63, 3.8) is 0 Å². The average molecular weight is 494 g/mol. The molecule has 0 saturated heterocycles. The lowest BCUT2D eigenvalue weighted by Crippen LogP contribution is -2.14. The third kappa shape index (κ3) is 3.66. The normalized spacial score (nSPS) is 10.8. The standard InChI is InChI=1S/C14H9Br2Cl2N5O/c15-10-11(20-21-12(10)16)14(24)19-13-9(18)6-23(22-13)5-7-3-1-2-4-8(7)17/h1-4,6H,5H2,(H,20,21)(H,19,22,24). The molecule has 6 nitrogen and oxygen atoms in total. The maximum atomic E-state index is 12.2. The predicted molar refractivity (Wildman–Crippen MR) is 99.7 cm³/mol. The number of benzene rings is 1. The van der Waals surface area contributed by atoms with Crippen LogP contribution in [0.5, 0.6) is 0 Å². The van der Waals surface area contributed by atoms with Gasteiger partial charge in [0.2, 0.25) is 0 Å². The molecule has 0 aliphatic rings. The zero-order chi connectivity index (χ0) is 17.3. The van der Waals surface area contributed by atoms with Gasteiger partial charge in [-0.2, -0.15) is 10.2 Å². The number of halogens is 4. The Kier molecular flexibility index (Phi) is 5.29. The molecule has 0 spiro atoms. The number of rotatable bonds is 4. The number of hydrogen-bond acceptors (Lipinski definition) is 3. The van der Waals surface area contributed by atoms with E-state index in [1.54, 1.807) is 16.9 Å². The second-order valence-corrected chi connectivity index (χ2v) is 7.17. The Hall–Kier alpha value is -1.35. The summed E-state index contributed by atoms with van der Waals surface area (Å²) in [5, 5.41) is 14.4. The average Bonchev–Trinajstić information content (AvgIpc) is 3.05. The quantitative estimate of drug-likeness (QED) is 0.551. The van der Waals surface area contributed by atoms with Crippen molar-refractivity contribution in [3.8, 4) is 0 Å². The van der Waals surface area contributed by atoms with Gasteiger partial charge in [-0.3, -0.25) is 14.6 Å². The summed E-state index contributed by atoms with van der Waals surface area (Å²) in [6.07, 6.45) is 1.62. The second kappa shape index (κ2) is 7.26. The number of nitrogens with one attached hydrogen (secondary N) is 2. The maximum absolute atomic E-state index is 12.2. The first-order valence-electron chi connectivity index (χ1n) is 6.62. The van der Waals surface area contributed by atoms with Crippen LogP contribution in [0.1, 0.15) is 16.1 Å². The van der Waals surface area contributed by atoms with Crippen molar-refractivity contribution < 1.29 is 4.79 Å². The molecule has 0 fully saturated rings. The first-order chi connectivity index (χ1) is 11.5. The van der Waals surface area contributed by atoms with Crippen LogP contribution in [0.3, 0.4) is 0 Å². The highest BCUT2D eigenvalue weighted by Gasteiger charge is 2.19. The van der Waals surface area contributed by atoms with Crippen molar-refractivity contribution >= 4 is 66.8 Å². The molecule has 10 heteroatoms. The van der Waals surface area contributed by atoms with Gasteiger partial charge in [0.05, 0.1) is 11.0 Å². The van der Waals surface area contributed by atoms with Gasteiger partial charge >= 0.3 is 0 Å². The fraction of sp³-hybridized carbons (Fsp3) is 0.0714. The molecule has 0 aliphatic heterocycles. The SMILES string of the molecule is O=C(Nc1nn(Cc2ccccc2Cl)cc1Cl)c1n[nH]c(Br)c1Br. The first-order valence-corrected chi connectivity index (χ1v) is 8.97. The van der Waals surface area contributed by atoms with E-state index in [9.17, 15) is 4.79 Å². The molecule has 124 valence electrons. The number of hydrogen-bond donors (Lipinski definition) is 2. The monoisotopic (exact) mass is 491 g/mol. The molecule has 2 heterocycles. The second-order valence-electron chi connectivity index (χ2n) is 4.77. The van der Waals surface area contributed by atoms with Gasteiger partial charge in [-0.15, -0.1) is 0 Å². The fourth-order valence-electron chi connectivity index (χ4n) is 1.99. The minimum Gasteiger partial charge on any atom is -0.302 e. The van der Waals surface area contributed by atoms with Crippen molar-refractivity contribution in [2.24, 2.45) is 0 Å². The summed E-state index contributed by atoms with van der Waals surface area (Å²) in [4.78, 5) is 12.2. The van der Waals surface area contributed by atoms with E-state index < -0.39 is 5.91 Å². The highest BCUT2D eigenvalue weighted by Crippen LogP contribution is 2.26. The molecule has 2 aromatic heterocycles. The Bertz CT molecular complexity index is 908. The number of anilines is 1. The highest BCUT2D eigenvalue weighted by molar-refractivity contribution is 9.13. The van der Waals surface area contributed by atoms with Gasteiger partial charge in [0.15, 0.2) is 11.5 Å². The smallest absolute Gasteiger partial charge is 0.278 e. The van der Waals surface area contributed by atoms with E-state index in [1.807, 2.05) is 18.2 Å². The highest BCUT2D eigenvalue weighted by atomic mass is 79.9. The molecule has 0 bridgehead atoms. The van der Waals surface area contributed by atoms with Crippen LogP contribution in [0, 0.1) is 0 Å². The largest absolute Gasteiger partial charge is 0.302 e. The van der Waals surface area contributed by atoms with E-state index in [2.05, 4.69) is 52.5 Å². The van der Waals surface area contributed by atoms with E-state index in [0.29, 0.717) is 25.7 Å². The molecular weight excluding hydrogens is 485 g/mol. The summed E-state index contributed by atoms with van der Waals surface area (Å²) in [6, 6.07) is 7.45. The van der Waals surface area contributed by atoms with Crippen molar-refractivity contribution in [1.82, 2.24) is 20.0 Å². The topological polar surface area (TPSA) is 75.6 Å². The number of carbonyl (C=O) groups excluding carboxylic acids is 1. The number of aromatic nitrogens is 4. The molecule has 0 saturated carbocycles. The first kappa shape index (κ1) is 17.5. The Morgan fingerprint density at radius 1 is 1.25 bits per heavy atom. The molecule has 0 aliphatic carbocycles. The van der Waals surface area contributed by atoms with E-state index in [1.165, 1.54) is 0 Å². The van der Waals surface area contributed by atoms with Crippen molar-refractivity contribution in [2.45, 2.75) is 6.54 Å². The van der Waals surface area contributed by atoms with Gasteiger partial charge in [0, 0.05) is 11.2 Å². The lowest BCUT2D eigenvalue weighted by Gasteiger charge is -2.04. The maximum Gasteiger partial charge on any atom is 0.278 e. The van der Waals surface area contributed by atoms with Crippen LogP contribution in [-0.4, -0.2) is 25.9 Å². The Morgan fingerprint density at radius 2 is 2.00 bits per heavy atom. The van der Waals surface area contributed by atoms with Crippen molar-refractivity contribution in [2.75, 3.05) is 5.32 Å². The van der Waals surface area contributed by atoms with Crippen LogP contribution in [0.4, 0.5) is 5.82 Å².